The number of aliphatic imine (C=N–C) groups is 1. The number of rotatable bonds is 6. The molecule has 6 aromatic carbocycles. The molecule has 2 aliphatic heterocycles. The topological polar surface area (TPSA) is 32.6 Å². The molecule has 0 fully saturated rings. The van der Waals surface area contributed by atoms with Gasteiger partial charge in [0.1, 0.15) is 5.84 Å². The summed E-state index contributed by atoms with van der Waals surface area (Å²) in [5.74, 6) is 1.79. The van der Waals surface area contributed by atoms with Gasteiger partial charge in [-0.1, -0.05) is 147 Å². The predicted octanol–water partition coefficient (Wildman–Crippen LogP) is 13.8. The van der Waals surface area contributed by atoms with Gasteiger partial charge in [-0.05, 0) is 113 Å². The second-order valence-corrected chi connectivity index (χ2v) is 17.1. The lowest BCUT2D eigenvalue weighted by molar-refractivity contribution is 0.727. The molecule has 3 heterocycles. The van der Waals surface area contributed by atoms with Crippen molar-refractivity contribution < 1.29 is 0 Å². The van der Waals surface area contributed by atoms with Crippen LogP contribution in [0.15, 0.2) is 221 Å². The van der Waals surface area contributed by atoms with Crippen LogP contribution in [-0.2, 0) is 0 Å². The summed E-state index contributed by atoms with van der Waals surface area (Å²) >= 11 is 0. The number of benzene rings is 6. The Kier molecular flexibility index (Phi) is 8.51. The van der Waals surface area contributed by atoms with Crippen LogP contribution in [0.25, 0.3) is 43.8 Å². The lowest BCUT2D eigenvalue weighted by Crippen LogP contribution is -2.31. The molecule has 3 unspecified atom stereocenters. The molecule has 3 atom stereocenters. The molecule has 5 aliphatic rings. The highest BCUT2D eigenvalue weighted by Gasteiger charge is 2.38. The van der Waals surface area contributed by atoms with Gasteiger partial charge in [0.25, 0.3) is 0 Å². The summed E-state index contributed by atoms with van der Waals surface area (Å²) in [6.07, 6.45) is 22.9. The molecule has 0 spiro atoms. The van der Waals surface area contributed by atoms with Crippen molar-refractivity contribution in [1.29, 1.82) is 0 Å². The first-order valence-electron chi connectivity index (χ1n) is 21.9. The van der Waals surface area contributed by atoms with E-state index in [1.807, 2.05) is 0 Å². The summed E-state index contributed by atoms with van der Waals surface area (Å²) in [5, 5.41) is 8.90. The minimum absolute atomic E-state index is 0.0145. The van der Waals surface area contributed by atoms with Gasteiger partial charge in [0.2, 0.25) is 0 Å². The molecule has 7 aromatic rings. The van der Waals surface area contributed by atoms with E-state index >= 15 is 0 Å². The normalized spacial score (nSPS) is 20.8. The lowest BCUT2D eigenvalue weighted by Gasteiger charge is -2.29. The molecule has 0 bridgehead atoms. The van der Waals surface area contributed by atoms with Crippen LogP contribution < -0.4 is 10.2 Å². The number of nitrogens with one attached hydrogen (secondary N) is 1. The molecule has 12 rings (SSSR count). The minimum Gasteiger partial charge on any atom is -0.359 e. The number of aromatic nitrogens is 1. The Morgan fingerprint density at radius 2 is 1.51 bits per heavy atom. The Bertz CT molecular complexity index is 3170. The number of allylic oxidation sites excluding steroid dienone is 10. The van der Waals surface area contributed by atoms with E-state index in [2.05, 4.69) is 210 Å². The van der Waals surface area contributed by atoms with Crippen molar-refractivity contribution in [3.63, 3.8) is 0 Å². The van der Waals surface area contributed by atoms with Gasteiger partial charge in [-0.3, -0.25) is 0 Å². The van der Waals surface area contributed by atoms with Crippen LogP contribution in [-0.4, -0.2) is 10.4 Å². The summed E-state index contributed by atoms with van der Waals surface area (Å²) in [6.45, 7) is 2.26. The standard InChI is InChI=1S/C57H46N4/c1-37-22-24-39(25-23-37)50-36-51(59-57(58-50)41-13-3-2-4-14-41)40-26-30-44(31-27-40)60-53-19-9-7-17-46(53)48-34-42(28-32-55(48)60)43-29-33-56-49(35-43)47-18-8-10-20-54(47)61(56)52-21-11-15-38-12-5-6-16-45(38)52/h2-9,11-19,21-22,24-34,36-37,49,51H,10,20,23,35H2,1H3,(H,58,59). The van der Waals surface area contributed by atoms with Gasteiger partial charge in [0, 0.05) is 44.7 Å². The number of anilines is 1. The Hall–Kier alpha value is -7.17. The van der Waals surface area contributed by atoms with Crippen molar-refractivity contribution in [3.05, 3.63) is 233 Å². The third-order valence-corrected chi connectivity index (χ3v) is 13.4. The van der Waals surface area contributed by atoms with Crippen molar-refractivity contribution in [2.75, 3.05) is 4.90 Å². The fourth-order valence-electron chi connectivity index (χ4n) is 10.3. The molecule has 0 amide bonds. The maximum atomic E-state index is 5.13. The molecule has 0 saturated heterocycles. The Morgan fingerprint density at radius 1 is 0.705 bits per heavy atom. The van der Waals surface area contributed by atoms with Crippen molar-refractivity contribution in [2.45, 2.75) is 38.6 Å². The smallest absolute Gasteiger partial charge is 0.134 e. The number of fused-ring (bicyclic) bond motifs is 6. The van der Waals surface area contributed by atoms with Crippen LogP contribution in [0.4, 0.5) is 5.69 Å². The van der Waals surface area contributed by atoms with E-state index in [1.54, 1.807) is 0 Å². The summed E-state index contributed by atoms with van der Waals surface area (Å²) in [4.78, 5) is 7.72. The Morgan fingerprint density at radius 3 is 2.38 bits per heavy atom. The van der Waals surface area contributed by atoms with Crippen LogP contribution in [0.2, 0.25) is 0 Å². The second kappa shape index (κ2) is 14.5. The first-order valence-corrected chi connectivity index (χ1v) is 21.9. The quantitative estimate of drug-likeness (QED) is 0.182. The molecule has 0 radical (unpaired) electrons. The zero-order valence-corrected chi connectivity index (χ0v) is 34.3. The van der Waals surface area contributed by atoms with E-state index in [-0.39, 0.29) is 6.04 Å². The van der Waals surface area contributed by atoms with Gasteiger partial charge in [-0.25, -0.2) is 4.99 Å². The van der Waals surface area contributed by atoms with Crippen LogP contribution >= 0.6 is 0 Å². The molecule has 3 aliphatic carbocycles. The number of nitrogens with zero attached hydrogens (tertiary/aromatic N) is 3. The van der Waals surface area contributed by atoms with E-state index < -0.39 is 0 Å². The van der Waals surface area contributed by atoms with Crippen molar-refractivity contribution in [3.8, 4) is 5.69 Å². The highest BCUT2D eigenvalue weighted by molar-refractivity contribution is 6.10. The van der Waals surface area contributed by atoms with Gasteiger partial charge in [-0.2, -0.15) is 0 Å². The summed E-state index contributed by atoms with van der Waals surface area (Å²) in [6, 6.07) is 51.1. The van der Waals surface area contributed by atoms with Crippen molar-refractivity contribution in [1.82, 2.24) is 9.88 Å². The predicted molar refractivity (Wildman–Crippen MR) is 255 cm³/mol. The van der Waals surface area contributed by atoms with Gasteiger partial charge < -0.3 is 14.8 Å². The molecule has 4 heteroatoms. The molecule has 294 valence electrons. The summed E-state index contributed by atoms with van der Waals surface area (Å²) in [5.41, 5.74) is 16.4. The maximum absolute atomic E-state index is 5.13. The number of amidine groups is 1. The fraction of sp³-hybridized carbons (Fsp3) is 0.140. The van der Waals surface area contributed by atoms with Gasteiger partial charge in [0.05, 0.1) is 28.5 Å². The molecule has 1 aromatic heterocycles. The molecule has 4 nitrogen and oxygen atoms in total. The largest absolute Gasteiger partial charge is 0.359 e. The zero-order valence-electron chi connectivity index (χ0n) is 34.3. The number of hydrogen-bond acceptors (Lipinski definition) is 3. The summed E-state index contributed by atoms with van der Waals surface area (Å²) < 4.78 is 2.43. The fourth-order valence-corrected chi connectivity index (χ4v) is 10.3. The minimum atomic E-state index is -0.0145. The lowest BCUT2D eigenvalue weighted by atomic mass is 9.83. The third kappa shape index (κ3) is 6.08. The van der Waals surface area contributed by atoms with Crippen LogP contribution in [0.5, 0.6) is 0 Å². The van der Waals surface area contributed by atoms with Gasteiger partial charge in [0.15, 0.2) is 0 Å². The molecule has 1 N–H and O–H groups in total. The van der Waals surface area contributed by atoms with Crippen LogP contribution in [0.1, 0.15) is 55.3 Å². The monoisotopic (exact) mass is 786 g/mol. The molecule has 0 saturated carbocycles. The summed E-state index contributed by atoms with van der Waals surface area (Å²) in [7, 11) is 0. The van der Waals surface area contributed by atoms with Crippen molar-refractivity contribution >= 4 is 49.7 Å². The van der Waals surface area contributed by atoms with E-state index in [9.17, 15) is 0 Å². The number of para-hydroxylation sites is 1. The van der Waals surface area contributed by atoms with E-state index in [1.165, 1.54) is 77.5 Å². The first kappa shape index (κ1) is 35.7. The average Bonchev–Trinajstić information content (AvgIpc) is 3.84. The highest BCUT2D eigenvalue weighted by Crippen LogP contribution is 2.51. The van der Waals surface area contributed by atoms with Gasteiger partial charge >= 0.3 is 0 Å². The SMILES string of the molecule is CC1C=CC(C2=CC(c3ccc(-n4c5ccccc5c5cc(C6=CC=C7C(C6)C6=C(CCC=C6)N7c6cccc7ccccc67)ccc54)cc3)NC(c3ccccc3)=N2)=CC1. The highest BCUT2D eigenvalue weighted by atomic mass is 15.2. The molecular weight excluding hydrogens is 741 g/mol. The zero-order chi connectivity index (χ0) is 40.4. The number of hydrogen-bond donors (Lipinski definition) is 1. The second-order valence-electron chi connectivity index (χ2n) is 17.1. The average molecular weight is 787 g/mol. The third-order valence-electron chi connectivity index (χ3n) is 13.4. The van der Waals surface area contributed by atoms with Gasteiger partial charge in [-0.15, -0.1) is 0 Å². The Balaban J connectivity index is 0.892. The van der Waals surface area contributed by atoms with E-state index in [4.69, 9.17) is 4.99 Å². The van der Waals surface area contributed by atoms with Crippen LogP contribution in [0, 0.1) is 11.8 Å². The van der Waals surface area contributed by atoms with Crippen molar-refractivity contribution in [2.24, 2.45) is 16.8 Å². The molecule has 61 heavy (non-hydrogen) atoms. The van der Waals surface area contributed by atoms with Crippen LogP contribution in [0.3, 0.4) is 0 Å². The van der Waals surface area contributed by atoms with E-state index in [0.717, 1.165) is 48.5 Å². The van der Waals surface area contributed by atoms with E-state index in [0.29, 0.717) is 11.8 Å². The molecular formula is C57H46N4. The first-order chi connectivity index (χ1) is 30.1. The maximum Gasteiger partial charge on any atom is 0.134 e. The Labute approximate surface area is 357 Å².